The summed E-state index contributed by atoms with van der Waals surface area (Å²) in [5.74, 6) is -0.671. The first-order valence-corrected chi connectivity index (χ1v) is 6.31. The molecule has 104 valence electrons. The number of benzene rings is 1. The lowest BCUT2D eigenvalue weighted by atomic mass is 10.0. The predicted molar refractivity (Wildman–Crippen MR) is 72.8 cm³/mol. The van der Waals surface area contributed by atoms with Crippen LogP contribution in [0.3, 0.4) is 0 Å². The lowest BCUT2D eigenvalue weighted by Gasteiger charge is -2.17. The minimum absolute atomic E-state index is 0.137. The van der Waals surface area contributed by atoms with Gasteiger partial charge in [0.25, 0.3) is 5.91 Å². The summed E-state index contributed by atoms with van der Waals surface area (Å²) in [6.45, 7) is 4.13. The van der Waals surface area contributed by atoms with Crippen molar-refractivity contribution in [2.75, 3.05) is 6.54 Å². The van der Waals surface area contributed by atoms with Gasteiger partial charge in [0.15, 0.2) is 0 Å². The van der Waals surface area contributed by atoms with Crippen LogP contribution in [0.2, 0.25) is 0 Å². The Kier molecular flexibility index (Phi) is 5.51. The maximum absolute atomic E-state index is 11.8. The van der Waals surface area contributed by atoms with Gasteiger partial charge in [-0.05, 0) is 30.2 Å². The van der Waals surface area contributed by atoms with E-state index in [0.29, 0.717) is 11.1 Å². The Labute approximate surface area is 112 Å². The molecule has 2 unspecified atom stereocenters. The third-order valence-corrected chi connectivity index (χ3v) is 3.20. The Hall–Kier alpha value is -1.88. The van der Waals surface area contributed by atoms with Gasteiger partial charge in [-0.2, -0.15) is 0 Å². The van der Waals surface area contributed by atoms with Gasteiger partial charge in [-0.1, -0.05) is 20.3 Å². The molecule has 0 heterocycles. The molecule has 0 fully saturated rings. The molecular weight excluding hydrogens is 244 g/mol. The molecular formula is C14H20N2O3. The number of carbonyl (C=O) groups is 2. The monoisotopic (exact) mass is 264 g/mol. The molecule has 0 radical (unpaired) electrons. The lowest BCUT2D eigenvalue weighted by molar-refractivity contribution is 0.0849. The number of primary amides is 1. The molecule has 19 heavy (non-hydrogen) atoms. The molecule has 0 aliphatic carbocycles. The Morgan fingerprint density at radius 1 is 1.26 bits per heavy atom. The van der Waals surface area contributed by atoms with Gasteiger partial charge in [0, 0.05) is 17.7 Å². The molecule has 5 nitrogen and oxygen atoms in total. The van der Waals surface area contributed by atoms with Crippen LogP contribution in [0, 0.1) is 5.92 Å². The van der Waals surface area contributed by atoms with E-state index in [-0.39, 0.29) is 18.4 Å². The van der Waals surface area contributed by atoms with Gasteiger partial charge in [0.05, 0.1) is 6.10 Å². The summed E-state index contributed by atoms with van der Waals surface area (Å²) in [6.07, 6.45) is 0.295. The topological polar surface area (TPSA) is 92.4 Å². The molecule has 0 saturated carbocycles. The first-order valence-electron chi connectivity index (χ1n) is 6.31. The number of aliphatic hydroxyl groups excluding tert-OH is 1. The standard InChI is InChI=1S/C14H20N2O3/c1-3-9(2)12(17)8-16-14(19)11-6-4-10(5-7-11)13(15)18/h4-7,9,12,17H,3,8H2,1-2H3,(H2,15,18)(H,16,19). The summed E-state index contributed by atoms with van der Waals surface area (Å²) in [7, 11) is 0. The van der Waals surface area contributed by atoms with Crippen LogP contribution in [-0.4, -0.2) is 29.6 Å². The van der Waals surface area contributed by atoms with Crippen molar-refractivity contribution in [3.8, 4) is 0 Å². The quantitative estimate of drug-likeness (QED) is 0.713. The van der Waals surface area contributed by atoms with E-state index in [0.717, 1.165) is 6.42 Å². The zero-order valence-corrected chi connectivity index (χ0v) is 11.2. The van der Waals surface area contributed by atoms with Gasteiger partial charge in [-0.25, -0.2) is 0 Å². The first-order chi connectivity index (χ1) is 8.95. The first kappa shape index (κ1) is 15.2. The molecule has 4 N–H and O–H groups in total. The molecule has 0 aliphatic rings. The number of rotatable bonds is 6. The summed E-state index contributed by atoms with van der Waals surface area (Å²) in [5.41, 5.74) is 5.90. The number of nitrogens with one attached hydrogen (secondary N) is 1. The van der Waals surface area contributed by atoms with Crippen LogP contribution in [0.4, 0.5) is 0 Å². The van der Waals surface area contributed by atoms with Gasteiger partial charge >= 0.3 is 0 Å². The van der Waals surface area contributed by atoms with E-state index >= 15 is 0 Å². The minimum Gasteiger partial charge on any atom is -0.391 e. The molecule has 1 rings (SSSR count). The summed E-state index contributed by atoms with van der Waals surface area (Å²) in [6, 6.07) is 6.07. The van der Waals surface area contributed by atoms with Crippen molar-refractivity contribution in [2.45, 2.75) is 26.4 Å². The van der Waals surface area contributed by atoms with Crippen molar-refractivity contribution in [1.29, 1.82) is 0 Å². The van der Waals surface area contributed by atoms with Crippen molar-refractivity contribution < 1.29 is 14.7 Å². The van der Waals surface area contributed by atoms with Crippen LogP contribution >= 0.6 is 0 Å². The van der Waals surface area contributed by atoms with Crippen molar-refractivity contribution in [1.82, 2.24) is 5.32 Å². The zero-order chi connectivity index (χ0) is 14.4. The van der Waals surface area contributed by atoms with Crippen LogP contribution in [0.25, 0.3) is 0 Å². The highest BCUT2D eigenvalue weighted by Gasteiger charge is 2.14. The number of amides is 2. The number of hydrogen-bond acceptors (Lipinski definition) is 3. The van der Waals surface area contributed by atoms with Crippen LogP contribution in [0.5, 0.6) is 0 Å². The lowest BCUT2D eigenvalue weighted by Crippen LogP contribution is -2.35. The van der Waals surface area contributed by atoms with Crippen molar-refractivity contribution >= 4 is 11.8 Å². The highest BCUT2D eigenvalue weighted by atomic mass is 16.3. The molecule has 2 atom stereocenters. The maximum Gasteiger partial charge on any atom is 0.251 e. The Morgan fingerprint density at radius 2 is 1.79 bits per heavy atom. The molecule has 0 saturated heterocycles. The van der Waals surface area contributed by atoms with Gasteiger partial charge in [-0.3, -0.25) is 9.59 Å². The average Bonchev–Trinajstić information content (AvgIpc) is 2.43. The van der Waals surface area contributed by atoms with E-state index in [4.69, 9.17) is 5.73 Å². The van der Waals surface area contributed by atoms with Crippen LogP contribution in [-0.2, 0) is 0 Å². The van der Waals surface area contributed by atoms with Gasteiger partial charge < -0.3 is 16.2 Å². The SMILES string of the molecule is CCC(C)C(O)CNC(=O)c1ccc(C(N)=O)cc1. The van der Waals surface area contributed by atoms with E-state index in [2.05, 4.69) is 5.32 Å². The van der Waals surface area contributed by atoms with Crippen molar-refractivity contribution in [3.63, 3.8) is 0 Å². The fraction of sp³-hybridized carbons (Fsp3) is 0.429. The number of aliphatic hydroxyl groups is 1. The Morgan fingerprint density at radius 3 is 2.26 bits per heavy atom. The highest BCUT2D eigenvalue weighted by molar-refractivity contribution is 5.97. The second-order valence-electron chi connectivity index (χ2n) is 4.60. The van der Waals surface area contributed by atoms with Crippen LogP contribution in [0.1, 0.15) is 41.0 Å². The summed E-state index contributed by atoms with van der Waals surface area (Å²) in [5, 5.41) is 12.4. The summed E-state index contributed by atoms with van der Waals surface area (Å²) >= 11 is 0. The van der Waals surface area contributed by atoms with Crippen molar-refractivity contribution in [3.05, 3.63) is 35.4 Å². The smallest absolute Gasteiger partial charge is 0.251 e. The molecule has 0 aromatic heterocycles. The fourth-order valence-electron chi connectivity index (χ4n) is 1.56. The molecule has 0 aliphatic heterocycles. The third-order valence-electron chi connectivity index (χ3n) is 3.20. The van der Waals surface area contributed by atoms with Crippen LogP contribution < -0.4 is 11.1 Å². The largest absolute Gasteiger partial charge is 0.391 e. The highest BCUT2D eigenvalue weighted by Crippen LogP contribution is 2.07. The Bertz CT molecular complexity index is 443. The van der Waals surface area contributed by atoms with E-state index in [1.807, 2.05) is 13.8 Å². The molecule has 5 heteroatoms. The number of nitrogens with two attached hydrogens (primary N) is 1. The van der Waals surface area contributed by atoms with Gasteiger partial charge in [-0.15, -0.1) is 0 Å². The summed E-state index contributed by atoms with van der Waals surface area (Å²) < 4.78 is 0. The molecule has 0 bridgehead atoms. The normalized spacial score (nSPS) is 13.6. The predicted octanol–water partition coefficient (Wildman–Crippen LogP) is 0.922. The van der Waals surface area contributed by atoms with E-state index in [1.54, 1.807) is 0 Å². The molecule has 2 amide bonds. The average molecular weight is 264 g/mol. The Balaban J connectivity index is 2.56. The second-order valence-corrected chi connectivity index (χ2v) is 4.60. The third kappa shape index (κ3) is 4.37. The van der Waals surface area contributed by atoms with E-state index < -0.39 is 12.0 Å². The van der Waals surface area contributed by atoms with E-state index in [9.17, 15) is 14.7 Å². The van der Waals surface area contributed by atoms with E-state index in [1.165, 1.54) is 24.3 Å². The zero-order valence-electron chi connectivity index (χ0n) is 11.2. The van der Waals surface area contributed by atoms with Gasteiger partial charge in [0.1, 0.15) is 0 Å². The second kappa shape index (κ2) is 6.89. The number of carbonyl (C=O) groups excluding carboxylic acids is 2. The molecule has 1 aromatic rings. The minimum atomic E-state index is -0.557. The molecule has 0 spiro atoms. The molecule has 1 aromatic carbocycles. The summed E-state index contributed by atoms with van der Waals surface area (Å²) in [4.78, 5) is 22.7. The van der Waals surface area contributed by atoms with Gasteiger partial charge in [0.2, 0.25) is 5.91 Å². The van der Waals surface area contributed by atoms with Crippen LogP contribution in [0.15, 0.2) is 24.3 Å². The fourth-order valence-corrected chi connectivity index (χ4v) is 1.56. The van der Waals surface area contributed by atoms with Crippen molar-refractivity contribution in [2.24, 2.45) is 11.7 Å². The maximum atomic E-state index is 11.8. The number of hydrogen-bond donors (Lipinski definition) is 3.